The molecule has 0 radical (unpaired) electrons. The maximum Gasteiger partial charge on any atom is 0.332 e. The zero-order valence-corrected chi connectivity index (χ0v) is 23.3. The summed E-state index contributed by atoms with van der Waals surface area (Å²) in [6.45, 7) is 1.90. The van der Waals surface area contributed by atoms with Crippen LogP contribution in [0, 0.1) is 0 Å². The third-order valence-corrected chi connectivity index (χ3v) is 9.08. The van der Waals surface area contributed by atoms with E-state index in [1.165, 1.54) is 10.5 Å². The predicted octanol–water partition coefficient (Wildman–Crippen LogP) is 6.11. The smallest absolute Gasteiger partial charge is 0.332 e. The highest BCUT2D eigenvalue weighted by Gasteiger charge is 2.60. The number of benzene rings is 3. The second-order valence-electron chi connectivity index (χ2n) is 10.3. The number of piperidine rings is 1. The first-order valence-electron chi connectivity index (χ1n) is 13.0. The minimum atomic E-state index is -1.01. The molecule has 7 nitrogen and oxygen atoms in total. The third-order valence-electron chi connectivity index (χ3n) is 8.34. The van der Waals surface area contributed by atoms with Crippen LogP contribution in [0.2, 0.25) is 10.0 Å². The van der Waals surface area contributed by atoms with Gasteiger partial charge < -0.3 is 14.4 Å². The van der Waals surface area contributed by atoms with Gasteiger partial charge in [0.1, 0.15) is 5.54 Å². The SMILES string of the molecule is COc1cc2c(cc1OC)[C@@H]1C[C@]3(CCN1CC2)C(=O)N(c1ccc(Cl)c(Cl)c1)C(=O)N3Cc1ccccc1. The summed E-state index contributed by atoms with van der Waals surface area (Å²) in [5.74, 6) is 1.12. The van der Waals surface area contributed by atoms with Crippen LogP contribution in [-0.2, 0) is 17.8 Å². The Hall–Kier alpha value is -3.26. The van der Waals surface area contributed by atoms with E-state index in [0.717, 1.165) is 24.1 Å². The molecule has 3 aromatic carbocycles. The summed E-state index contributed by atoms with van der Waals surface area (Å²) in [6, 6.07) is 18.3. The van der Waals surface area contributed by atoms with Crippen molar-refractivity contribution in [2.24, 2.45) is 0 Å². The molecule has 3 aliphatic heterocycles. The zero-order valence-electron chi connectivity index (χ0n) is 21.8. The normalized spacial score (nSPS) is 22.7. The fraction of sp³-hybridized carbons (Fsp3) is 0.333. The van der Waals surface area contributed by atoms with Crippen molar-refractivity contribution >= 4 is 40.8 Å². The summed E-state index contributed by atoms with van der Waals surface area (Å²) in [5, 5.41) is 0.661. The third kappa shape index (κ3) is 4.24. The molecule has 2 atom stereocenters. The van der Waals surface area contributed by atoms with Gasteiger partial charge in [-0.2, -0.15) is 0 Å². The molecule has 3 aromatic rings. The van der Waals surface area contributed by atoms with Gasteiger partial charge in [0.2, 0.25) is 0 Å². The van der Waals surface area contributed by atoms with E-state index in [4.69, 9.17) is 32.7 Å². The molecule has 2 fully saturated rings. The molecule has 3 aliphatic rings. The lowest BCUT2D eigenvalue weighted by Gasteiger charge is -2.49. The van der Waals surface area contributed by atoms with E-state index < -0.39 is 5.54 Å². The maximum atomic E-state index is 14.4. The van der Waals surface area contributed by atoms with Gasteiger partial charge in [0, 0.05) is 25.7 Å². The number of halogens is 2. The van der Waals surface area contributed by atoms with E-state index in [9.17, 15) is 9.59 Å². The van der Waals surface area contributed by atoms with Crippen LogP contribution in [-0.4, -0.2) is 54.6 Å². The van der Waals surface area contributed by atoms with Crippen molar-refractivity contribution in [3.8, 4) is 11.5 Å². The summed E-state index contributed by atoms with van der Waals surface area (Å²) >= 11 is 12.5. The summed E-state index contributed by atoms with van der Waals surface area (Å²) in [5.41, 5.74) is 2.67. The van der Waals surface area contributed by atoms with Gasteiger partial charge in [-0.15, -0.1) is 0 Å². The number of carbonyl (C=O) groups excluding carboxylic acids is 2. The fourth-order valence-corrected chi connectivity index (χ4v) is 6.62. The lowest BCUT2D eigenvalue weighted by Crippen LogP contribution is -2.58. The van der Waals surface area contributed by atoms with E-state index in [0.29, 0.717) is 53.2 Å². The molecule has 0 saturated carbocycles. The highest BCUT2D eigenvalue weighted by atomic mass is 35.5. The van der Waals surface area contributed by atoms with E-state index in [-0.39, 0.29) is 18.0 Å². The Labute approximate surface area is 237 Å². The van der Waals surface area contributed by atoms with Gasteiger partial charge in [-0.05, 0) is 66.3 Å². The van der Waals surface area contributed by atoms with Crippen molar-refractivity contribution < 1.29 is 19.1 Å². The topological polar surface area (TPSA) is 62.3 Å². The van der Waals surface area contributed by atoms with Gasteiger partial charge in [0.05, 0.1) is 30.0 Å². The number of imide groups is 1. The number of nitrogens with zero attached hydrogens (tertiary/aromatic N) is 3. The second-order valence-corrected chi connectivity index (χ2v) is 11.1. The Morgan fingerprint density at radius 1 is 0.923 bits per heavy atom. The van der Waals surface area contributed by atoms with Gasteiger partial charge in [-0.25, -0.2) is 9.69 Å². The Balaban J connectivity index is 1.44. The lowest BCUT2D eigenvalue weighted by atomic mass is 9.76. The first-order chi connectivity index (χ1) is 18.9. The number of anilines is 1. The van der Waals surface area contributed by atoms with Crippen LogP contribution in [0.5, 0.6) is 11.5 Å². The molecule has 0 bridgehead atoms. The minimum Gasteiger partial charge on any atom is -0.493 e. The molecular weight excluding hydrogens is 537 g/mol. The Bertz CT molecular complexity index is 1450. The fourth-order valence-electron chi connectivity index (χ4n) is 6.33. The minimum absolute atomic E-state index is 0.0499. The number of hydrogen-bond donors (Lipinski definition) is 0. The maximum absolute atomic E-state index is 14.4. The highest BCUT2D eigenvalue weighted by Crippen LogP contribution is 2.49. The van der Waals surface area contributed by atoms with Crippen LogP contribution in [0.25, 0.3) is 0 Å². The van der Waals surface area contributed by atoms with Gasteiger partial charge >= 0.3 is 6.03 Å². The summed E-state index contributed by atoms with van der Waals surface area (Å²) in [6.07, 6.45) is 1.90. The van der Waals surface area contributed by atoms with E-state index in [1.807, 2.05) is 42.5 Å². The molecule has 2 saturated heterocycles. The van der Waals surface area contributed by atoms with Crippen LogP contribution in [0.1, 0.15) is 35.6 Å². The van der Waals surface area contributed by atoms with Crippen LogP contribution in [0.4, 0.5) is 10.5 Å². The van der Waals surface area contributed by atoms with Crippen molar-refractivity contribution in [1.82, 2.24) is 9.80 Å². The van der Waals surface area contributed by atoms with Crippen molar-refractivity contribution in [3.05, 3.63) is 87.4 Å². The quantitative estimate of drug-likeness (QED) is 0.349. The molecule has 0 aromatic heterocycles. The molecule has 3 amide bonds. The number of fused-ring (bicyclic) bond motifs is 3. The molecule has 0 unspecified atom stereocenters. The number of methoxy groups -OCH3 is 2. The van der Waals surface area contributed by atoms with Crippen molar-refractivity contribution in [3.63, 3.8) is 0 Å². The Kier molecular flexibility index (Phi) is 6.69. The number of urea groups is 1. The summed E-state index contributed by atoms with van der Waals surface area (Å²) < 4.78 is 11.2. The number of carbonyl (C=O) groups is 2. The molecule has 0 aliphatic carbocycles. The molecule has 9 heteroatoms. The van der Waals surface area contributed by atoms with Gasteiger partial charge in [-0.3, -0.25) is 9.69 Å². The standard InChI is InChI=1S/C30H29Cl2N3O4/c1-38-26-14-20-10-12-33-13-11-30(17-25(33)22(20)16-27(26)39-2)28(36)35(21-8-9-23(31)24(32)15-21)29(37)34(30)18-19-6-4-3-5-7-19/h3-9,14-16,25H,10-13,17-18H2,1-2H3/t25-,30+/m0/s1. The van der Waals surface area contributed by atoms with Crippen molar-refractivity contribution in [2.75, 3.05) is 32.2 Å². The van der Waals surface area contributed by atoms with Crippen LogP contribution in [0.15, 0.2) is 60.7 Å². The average Bonchev–Trinajstić information content (AvgIpc) is 3.15. The van der Waals surface area contributed by atoms with E-state index >= 15 is 0 Å². The van der Waals surface area contributed by atoms with Crippen LogP contribution < -0.4 is 14.4 Å². The Morgan fingerprint density at radius 3 is 2.38 bits per heavy atom. The number of amides is 3. The molecule has 3 heterocycles. The van der Waals surface area contributed by atoms with Crippen molar-refractivity contribution in [1.29, 1.82) is 0 Å². The zero-order chi connectivity index (χ0) is 27.3. The molecule has 0 N–H and O–H groups in total. The second kappa shape index (κ2) is 10.0. The van der Waals surface area contributed by atoms with Gasteiger partial charge in [-0.1, -0.05) is 53.5 Å². The highest BCUT2D eigenvalue weighted by molar-refractivity contribution is 6.42. The first-order valence-corrected chi connectivity index (χ1v) is 13.8. The largest absolute Gasteiger partial charge is 0.493 e. The monoisotopic (exact) mass is 565 g/mol. The molecule has 6 rings (SSSR count). The molecule has 39 heavy (non-hydrogen) atoms. The van der Waals surface area contributed by atoms with Crippen molar-refractivity contribution in [2.45, 2.75) is 37.4 Å². The van der Waals surface area contributed by atoms with Crippen LogP contribution >= 0.6 is 23.2 Å². The van der Waals surface area contributed by atoms with Crippen LogP contribution in [0.3, 0.4) is 0 Å². The predicted molar refractivity (Wildman–Crippen MR) is 151 cm³/mol. The average molecular weight is 566 g/mol. The van der Waals surface area contributed by atoms with E-state index in [1.54, 1.807) is 37.3 Å². The molecular formula is C30H29Cl2N3O4. The summed E-state index contributed by atoms with van der Waals surface area (Å²) in [4.78, 5) is 34.0. The number of ether oxygens (including phenoxy) is 2. The lowest BCUT2D eigenvalue weighted by molar-refractivity contribution is -0.129. The van der Waals surface area contributed by atoms with Gasteiger partial charge in [0.15, 0.2) is 11.5 Å². The Morgan fingerprint density at radius 2 is 1.67 bits per heavy atom. The summed E-state index contributed by atoms with van der Waals surface area (Å²) in [7, 11) is 3.26. The van der Waals surface area contributed by atoms with Gasteiger partial charge in [0.25, 0.3) is 5.91 Å². The van der Waals surface area contributed by atoms with E-state index in [2.05, 4.69) is 4.90 Å². The number of rotatable bonds is 5. The molecule has 1 spiro atoms. The number of hydrogen-bond acceptors (Lipinski definition) is 5. The first kappa shape index (κ1) is 26.0. The molecule has 202 valence electrons.